The molecule has 0 atom stereocenters. The summed E-state index contributed by atoms with van der Waals surface area (Å²) < 4.78 is 49.6. The molecule has 4 N–H and O–H groups in total. The van der Waals surface area contributed by atoms with E-state index in [1.54, 1.807) is 13.8 Å². The third kappa shape index (κ3) is 5.50. The van der Waals surface area contributed by atoms with Crippen molar-refractivity contribution in [1.82, 2.24) is 4.72 Å². The van der Waals surface area contributed by atoms with Gasteiger partial charge in [-0.25, -0.2) is 26.7 Å². The summed E-state index contributed by atoms with van der Waals surface area (Å²) in [6.45, 7) is 3.40. The quantitative estimate of drug-likeness (QED) is 0.642. The molecule has 0 aliphatic carbocycles. The molecule has 0 saturated heterocycles. The maximum atomic E-state index is 12.3. The van der Waals surface area contributed by atoms with Crippen LogP contribution >= 0.6 is 11.6 Å². The average molecular weight is 432 g/mol. The number of carbonyl (C=O) groups excluding carboxylic acids is 1. The molecule has 2 aromatic rings. The van der Waals surface area contributed by atoms with Crippen molar-refractivity contribution < 1.29 is 21.6 Å². The smallest absolute Gasteiger partial charge is 0.255 e. The van der Waals surface area contributed by atoms with Crippen LogP contribution < -0.4 is 15.2 Å². The normalized spacial score (nSPS) is 12.2. The van der Waals surface area contributed by atoms with Gasteiger partial charge < -0.3 is 5.32 Å². The predicted octanol–water partition coefficient (Wildman–Crippen LogP) is 1.93. The third-order valence-corrected chi connectivity index (χ3v) is 6.38. The number of halogens is 1. The van der Waals surface area contributed by atoms with E-state index in [0.29, 0.717) is 5.69 Å². The molecule has 11 heteroatoms. The molecule has 0 bridgehead atoms. The lowest BCUT2D eigenvalue weighted by Gasteiger charge is -2.11. The molecule has 0 saturated carbocycles. The summed E-state index contributed by atoms with van der Waals surface area (Å²) in [5.74, 6) is -0.604. The highest BCUT2D eigenvalue weighted by molar-refractivity contribution is 7.89. The lowest BCUT2D eigenvalue weighted by molar-refractivity contribution is 0.102. The van der Waals surface area contributed by atoms with Gasteiger partial charge in [-0.1, -0.05) is 11.6 Å². The number of hydrogen-bond acceptors (Lipinski definition) is 5. The molecule has 1 amide bonds. The van der Waals surface area contributed by atoms with Gasteiger partial charge in [0.2, 0.25) is 20.0 Å². The first-order valence-corrected chi connectivity index (χ1v) is 11.1. The maximum Gasteiger partial charge on any atom is 0.255 e. The van der Waals surface area contributed by atoms with E-state index in [0.717, 1.165) is 6.07 Å². The number of nitrogens with two attached hydrogens (primary N) is 1. The molecular weight excluding hydrogens is 414 g/mol. The monoisotopic (exact) mass is 431 g/mol. The molecule has 0 aromatic heterocycles. The Morgan fingerprint density at radius 2 is 1.63 bits per heavy atom. The summed E-state index contributed by atoms with van der Waals surface area (Å²) in [6.07, 6.45) is 0. The molecule has 27 heavy (non-hydrogen) atoms. The van der Waals surface area contributed by atoms with E-state index in [-0.39, 0.29) is 26.4 Å². The molecule has 0 aliphatic heterocycles. The summed E-state index contributed by atoms with van der Waals surface area (Å²) in [7, 11) is -7.72. The second kappa shape index (κ2) is 7.95. The van der Waals surface area contributed by atoms with Gasteiger partial charge in [0.25, 0.3) is 5.91 Å². The summed E-state index contributed by atoms with van der Waals surface area (Å²) in [6, 6.07) is 8.94. The van der Waals surface area contributed by atoms with Gasteiger partial charge in [0.15, 0.2) is 0 Å². The molecule has 0 radical (unpaired) electrons. The van der Waals surface area contributed by atoms with E-state index in [2.05, 4.69) is 10.0 Å². The molecule has 146 valence electrons. The molecule has 2 aromatic carbocycles. The van der Waals surface area contributed by atoms with E-state index >= 15 is 0 Å². The van der Waals surface area contributed by atoms with Crippen molar-refractivity contribution in [3.63, 3.8) is 0 Å². The first-order chi connectivity index (χ1) is 12.4. The van der Waals surface area contributed by atoms with Crippen LogP contribution in [0.15, 0.2) is 52.3 Å². The highest BCUT2D eigenvalue weighted by atomic mass is 35.5. The number of anilines is 1. The third-order valence-electron chi connectivity index (χ3n) is 3.31. The number of carbonyl (C=O) groups is 1. The maximum absolute atomic E-state index is 12.3. The van der Waals surface area contributed by atoms with Crippen LogP contribution in [-0.2, 0) is 20.0 Å². The lowest BCUT2D eigenvalue weighted by Crippen LogP contribution is -2.30. The Hall–Kier alpha value is -1.98. The van der Waals surface area contributed by atoms with Crippen LogP contribution in [-0.4, -0.2) is 28.8 Å². The van der Waals surface area contributed by atoms with Gasteiger partial charge in [0.1, 0.15) is 4.90 Å². The van der Waals surface area contributed by atoms with Gasteiger partial charge in [0, 0.05) is 17.3 Å². The number of primary sulfonamides is 1. The topological polar surface area (TPSA) is 135 Å². The lowest BCUT2D eigenvalue weighted by atomic mass is 10.2. The highest BCUT2D eigenvalue weighted by Crippen LogP contribution is 2.22. The average Bonchev–Trinajstić information content (AvgIpc) is 2.53. The SMILES string of the molecule is CC(C)NS(=O)(=O)c1ccc(NC(=O)c2ccc(Cl)c(S(N)(=O)=O)c2)cc1. The molecule has 0 spiro atoms. The Morgan fingerprint density at radius 3 is 2.15 bits per heavy atom. The van der Waals surface area contributed by atoms with Gasteiger partial charge in [-0.05, 0) is 56.3 Å². The van der Waals surface area contributed by atoms with Crippen molar-refractivity contribution in [2.75, 3.05) is 5.32 Å². The first kappa shape index (κ1) is 21.3. The minimum atomic E-state index is -4.08. The van der Waals surface area contributed by atoms with Crippen molar-refractivity contribution in [2.24, 2.45) is 5.14 Å². The fourth-order valence-corrected chi connectivity index (χ4v) is 4.48. The number of nitrogens with one attached hydrogen (secondary N) is 2. The van der Waals surface area contributed by atoms with Crippen LogP contribution in [0.3, 0.4) is 0 Å². The molecule has 0 unspecified atom stereocenters. The summed E-state index contributed by atoms with van der Waals surface area (Å²) in [5, 5.41) is 7.51. The van der Waals surface area contributed by atoms with E-state index in [1.807, 2.05) is 0 Å². The summed E-state index contributed by atoms with van der Waals surface area (Å²) >= 11 is 5.79. The van der Waals surface area contributed by atoms with Crippen molar-refractivity contribution in [1.29, 1.82) is 0 Å². The van der Waals surface area contributed by atoms with Crippen LogP contribution in [0, 0.1) is 0 Å². The molecular formula is C16H18ClN3O5S2. The van der Waals surface area contributed by atoms with Crippen molar-refractivity contribution in [2.45, 2.75) is 29.7 Å². The Morgan fingerprint density at radius 1 is 1.04 bits per heavy atom. The van der Waals surface area contributed by atoms with Crippen molar-refractivity contribution in [3.8, 4) is 0 Å². The Balaban J connectivity index is 2.22. The Labute approximate surface area is 162 Å². The zero-order valence-corrected chi connectivity index (χ0v) is 16.8. The molecule has 0 aliphatic rings. The Bertz CT molecular complexity index is 1070. The second-order valence-electron chi connectivity index (χ2n) is 5.94. The zero-order chi connectivity index (χ0) is 20.4. The van der Waals surface area contributed by atoms with Crippen LogP contribution in [0.25, 0.3) is 0 Å². The van der Waals surface area contributed by atoms with Gasteiger partial charge in [-0.2, -0.15) is 0 Å². The number of rotatable bonds is 6. The van der Waals surface area contributed by atoms with Gasteiger partial charge >= 0.3 is 0 Å². The standard InChI is InChI=1S/C16H18ClN3O5S2/c1-10(2)20-27(24,25)13-6-4-12(5-7-13)19-16(21)11-3-8-14(17)15(9-11)26(18,22)23/h3-10,20H,1-2H3,(H,19,21)(H2,18,22,23). The van der Waals surface area contributed by atoms with E-state index in [4.69, 9.17) is 16.7 Å². The second-order valence-corrected chi connectivity index (χ2v) is 9.60. The predicted molar refractivity (Wildman–Crippen MR) is 103 cm³/mol. The minimum absolute atomic E-state index is 0.0293. The summed E-state index contributed by atoms with van der Waals surface area (Å²) in [4.78, 5) is 12.0. The fourth-order valence-electron chi connectivity index (χ4n) is 2.16. The molecule has 0 heterocycles. The number of sulfonamides is 2. The van der Waals surface area contributed by atoms with E-state index in [9.17, 15) is 21.6 Å². The highest BCUT2D eigenvalue weighted by Gasteiger charge is 2.18. The number of hydrogen-bond donors (Lipinski definition) is 3. The zero-order valence-electron chi connectivity index (χ0n) is 14.4. The van der Waals surface area contributed by atoms with Gasteiger partial charge in [-0.15, -0.1) is 0 Å². The van der Waals surface area contributed by atoms with Gasteiger partial charge in [-0.3, -0.25) is 4.79 Å². The minimum Gasteiger partial charge on any atom is -0.322 e. The van der Waals surface area contributed by atoms with Gasteiger partial charge in [0.05, 0.1) is 9.92 Å². The van der Waals surface area contributed by atoms with Crippen LogP contribution in [0.2, 0.25) is 5.02 Å². The molecule has 2 rings (SSSR count). The number of benzene rings is 2. The van der Waals surface area contributed by atoms with E-state index < -0.39 is 26.0 Å². The number of amides is 1. The van der Waals surface area contributed by atoms with E-state index in [1.165, 1.54) is 36.4 Å². The van der Waals surface area contributed by atoms with Crippen LogP contribution in [0.4, 0.5) is 5.69 Å². The van der Waals surface area contributed by atoms with Crippen LogP contribution in [0.1, 0.15) is 24.2 Å². The van der Waals surface area contributed by atoms with Crippen LogP contribution in [0.5, 0.6) is 0 Å². The molecule has 0 fully saturated rings. The fraction of sp³-hybridized carbons (Fsp3) is 0.188. The molecule has 8 nitrogen and oxygen atoms in total. The summed E-state index contributed by atoms with van der Waals surface area (Å²) in [5.41, 5.74) is 0.359. The van der Waals surface area contributed by atoms with Crippen molar-refractivity contribution >= 4 is 43.2 Å². The first-order valence-electron chi connectivity index (χ1n) is 7.66. The van der Waals surface area contributed by atoms with Crippen molar-refractivity contribution in [3.05, 3.63) is 53.1 Å². The Kier molecular flexibility index (Phi) is 6.28. The largest absolute Gasteiger partial charge is 0.322 e.